The van der Waals surface area contributed by atoms with Crippen molar-refractivity contribution in [1.82, 2.24) is 10.3 Å². The first kappa shape index (κ1) is 17.2. The van der Waals surface area contributed by atoms with E-state index in [4.69, 9.17) is 28.6 Å². The fourth-order valence-corrected chi connectivity index (χ4v) is 2.42. The molecule has 5 nitrogen and oxygen atoms in total. The molecule has 0 aliphatic rings. The molecule has 2 rings (SSSR count). The minimum atomic E-state index is -0.597. The number of para-hydroxylation sites is 1. The molecule has 0 bridgehead atoms. The van der Waals surface area contributed by atoms with Crippen LogP contribution in [0.4, 0.5) is 10.5 Å². The van der Waals surface area contributed by atoms with E-state index in [9.17, 15) is 4.79 Å². The van der Waals surface area contributed by atoms with Gasteiger partial charge in [-0.3, -0.25) is 10.3 Å². The van der Waals surface area contributed by atoms with Gasteiger partial charge in [0.2, 0.25) is 0 Å². The SMILES string of the molecule is CCOC(=O)NC(=S)N(Cc1cccnc1)c1ccccc1Cl. The number of carbonyl (C=O) groups excluding carboxylic acids is 1. The Morgan fingerprint density at radius 2 is 2.13 bits per heavy atom. The Hall–Kier alpha value is -2.18. The summed E-state index contributed by atoms with van der Waals surface area (Å²) < 4.78 is 4.87. The van der Waals surface area contributed by atoms with Gasteiger partial charge in [0.15, 0.2) is 5.11 Å². The third-order valence-corrected chi connectivity index (χ3v) is 3.58. The van der Waals surface area contributed by atoms with E-state index >= 15 is 0 Å². The van der Waals surface area contributed by atoms with Crippen LogP contribution in [0.3, 0.4) is 0 Å². The van der Waals surface area contributed by atoms with Crippen molar-refractivity contribution in [3.05, 3.63) is 59.4 Å². The molecule has 0 radical (unpaired) electrons. The van der Waals surface area contributed by atoms with Gasteiger partial charge < -0.3 is 9.64 Å². The number of nitrogens with zero attached hydrogens (tertiary/aromatic N) is 2. The molecule has 1 amide bonds. The predicted molar refractivity (Wildman–Crippen MR) is 94.6 cm³/mol. The minimum absolute atomic E-state index is 0.209. The maximum Gasteiger partial charge on any atom is 0.413 e. The summed E-state index contributed by atoms with van der Waals surface area (Å²) in [6.45, 7) is 2.41. The molecular formula is C16H16ClN3O2S. The van der Waals surface area contributed by atoms with E-state index in [0.717, 1.165) is 5.56 Å². The third kappa shape index (κ3) is 4.91. The molecule has 0 aliphatic carbocycles. The number of rotatable bonds is 4. The number of pyridine rings is 1. The van der Waals surface area contributed by atoms with E-state index in [1.165, 1.54) is 0 Å². The second-order valence-electron chi connectivity index (χ2n) is 4.55. The van der Waals surface area contributed by atoms with Crippen LogP contribution in [0.25, 0.3) is 0 Å². The van der Waals surface area contributed by atoms with Crippen molar-refractivity contribution in [2.24, 2.45) is 0 Å². The Kier molecular flexibility index (Phi) is 6.31. The number of carbonyl (C=O) groups is 1. The monoisotopic (exact) mass is 349 g/mol. The number of amides is 1. The maximum atomic E-state index is 11.6. The van der Waals surface area contributed by atoms with E-state index in [1.807, 2.05) is 30.3 Å². The molecule has 0 saturated heterocycles. The highest BCUT2D eigenvalue weighted by atomic mass is 35.5. The van der Waals surface area contributed by atoms with Gasteiger partial charge in [0.05, 0.1) is 23.9 Å². The Morgan fingerprint density at radius 1 is 1.35 bits per heavy atom. The van der Waals surface area contributed by atoms with E-state index in [1.54, 1.807) is 30.3 Å². The van der Waals surface area contributed by atoms with Crippen LogP contribution in [0.2, 0.25) is 5.02 Å². The first-order valence-corrected chi connectivity index (χ1v) is 7.79. The lowest BCUT2D eigenvalue weighted by Gasteiger charge is -2.26. The number of alkyl carbamates (subject to hydrolysis) is 1. The molecule has 0 fully saturated rings. The first-order chi connectivity index (χ1) is 11.1. The van der Waals surface area contributed by atoms with E-state index < -0.39 is 6.09 Å². The van der Waals surface area contributed by atoms with Crippen LogP contribution in [-0.2, 0) is 11.3 Å². The molecule has 0 atom stereocenters. The minimum Gasteiger partial charge on any atom is -0.450 e. The van der Waals surface area contributed by atoms with Gasteiger partial charge in [-0.25, -0.2) is 4.79 Å². The van der Waals surface area contributed by atoms with Crippen molar-refractivity contribution in [3.8, 4) is 0 Å². The number of thiocarbonyl (C=S) groups is 1. The first-order valence-electron chi connectivity index (χ1n) is 7.00. The average Bonchev–Trinajstić information content (AvgIpc) is 2.54. The van der Waals surface area contributed by atoms with E-state index in [2.05, 4.69) is 10.3 Å². The number of hydrogen-bond acceptors (Lipinski definition) is 4. The van der Waals surface area contributed by atoms with Gasteiger partial charge in [-0.2, -0.15) is 0 Å². The molecule has 1 heterocycles. The highest BCUT2D eigenvalue weighted by Crippen LogP contribution is 2.26. The van der Waals surface area contributed by atoms with Crippen molar-refractivity contribution in [1.29, 1.82) is 0 Å². The van der Waals surface area contributed by atoms with Crippen molar-refractivity contribution >= 4 is 40.7 Å². The summed E-state index contributed by atoms with van der Waals surface area (Å²) in [6.07, 6.45) is 2.83. The zero-order chi connectivity index (χ0) is 16.7. The van der Waals surface area contributed by atoms with Gasteiger partial charge in [-0.15, -0.1) is 0 Å². The van der Waals surface area contributed by atoms with Crippen LogP contribution in [0.5, 0.6) is 0 Å². The van der Waals surface area contributed by atoms with Crippen LogP contribution >= 0.6 is 23.8 Å². The predicted octanol–water partition coefficient (Wildman–Crippen LogP) is 3.77. The molecule has 1 aromatic carbocycles. The van der Waals surface area contributed by atoms with Gasteiger partial charge in [-0.05, 0) is 42.9 Å². The van der Waals surface area contributed by atoms with Crippen molar-refractivity contribution < 1.29 is 9.53 Å². The number of halogens is 1. The smallest absolute Gasteiger partial charge is 0.413 e. The molecule has 1 aromatic heterocycles. The second-order valence-corrected chi connectivity index (χ2v) is 5.34. The third-order valence-electron chi connectivity index (χ3n) is 2.94. The Labute approximate surface area is 145 Å². The molecular weight excluding hydrogens is 334 g/mol. The molecule has 23 heavy (non-hydrogen) atoms. The zero-order valence-electron chi connectivity index (χ0n) is 12.5. The van der Waals surface area contributed by atoms with Gasteiger partial charge in [0, 0.05) is 12.4 Å². The standard InChI is InChI=1S/C16H16ClN3O2S/c1-2-22-16(21)19-15(23)20(11-12-6-5-9-18-10-12)14-8-4-3-7-13(14)17/h3-10H,2,11H2,1H3,(H,19,21,23). The number of nitrogens with one attached hydrogen (secondary N) is 1. The van der Waals surface area contributed by atoms with Crippen LogP contribution in [0.1, 0.15) is 12.5 Å². The van der Waals surface area contributed by atoms with Crippen molar-refractivity contribution in [3.63, 3.8) is 0 Å². The summed E-state index contributed by atoms with van der Waals surface area (Å²) in [6, 6.07) is 11.0. The summed E-state index contributed by atoms with van der Waals surface area (Å²) in [5.74, 6) is 0. The second kappa shape index (κ2) is 8.45. The van der Waals surface area contributed by atoms with Crippen molar-refractivity contribution in [2.45, 2.75) is 13.5 Å². The summed E-state index contributed by atoms with van der Waals surface area (Å²) in [7, 11) is 0. The average molecular weight is 350 g/mol. The van der Waals surface area contributed by atoms with Crippen LogP contribution in [-0.4, -0.2) is 22.8 Å². The molecule has 0 spiro atoms. The highest BCUT2D eigenvalue weighted by molar-refractivity contribution is 7.80. The molecule has 120 valence electrons. The van der Waals surface area contributed by atoms with Crippen LogP contribution in [0.15, 0.2) is 48.8 Å². The highest BCUT2D eigenvalue weighted by Gasteiger charge is 2.18. The zero-order valence-corrected chi connectivity index (χ0v) is 14.1. The Bertz CT molecular complexity index is 682. The number of anilines is 1. The number of aromatic nitrogens is 1. The van der Waals surface area contributed by atoms with Crippen LogP contribution < -0.4 is 10.2 Å². The quantitative estimate of drug-likeness (QED) is 0.851. The maximum absolute atomic E-state index is 11.6. The lowest BCUT2D eigenvalue weighted by atomic mass is 10.2. The molecule has 1 N–H and O–H groups in total. The molecule has 0 saturated carbocycles. The normalized spacial score (nSPS) is 10.0. The van der Waals surface area contributed by atoms with Gasteiger partial charge in [-0.1, -0.05) is 29.8 Å². The number of ether oxygens (including phenoxy) is 1. The molecule has 0 unspecified atom stereocenters. The molecule has 7 heteroatoms. The van der Waals surface area contributed by atoms with E-state index in [0.29, 0.717) is 17.3 Å². The summed E-state index contributed by atoms with van der Waals surface area (Å²) >= 11 is 11.6. The molecule has 0 aliphatic heterocycles. The van der Waals surface area contributed by atoms with E-state index in [-0.39, 0.29) is 11.7 Å². The number of benzene rings is 1. The lowest BCUT2D eigenvalue weighted by Crippen LogP contribution is -2.42. The number of hydrogen-bond donors (Lipinski definition) is 1. The van der Waals surface area contributed by atoms with Gasteiger partial charge >= 0.3 is 6.09 Å². The topological polar surface area (TPSA) is 54.5 Å². The summed E-state index contributed by atoms with van der Waals surface area (Å²) in [5, 5.41) is 3.28. The fraction of sp³-hybridized carbons (Fsp3) is 0.188. The van der Waals surface area contributed by atoms with Gasteiger partial charge in [0.1, 0.15) is 0 Å². The van der Waals surface area contributed by atoms with Crippen LogP contribution in [0, 0.1) is 0 Å². The largest absolute Gasteiger partial charge is 0.450 e. The van der Waals surface area contributed by atoms with Crippen molar-refractivity contribution in [2.75, 3.05) is 11.5 Å². The lowest BCUT2D eigenvalue weighted by molar-refractivity contribution is 0.158. The Morgan fingerprint density at radius 3 is 2.78 bits per heavy atom. The summed E-state index contributed by atoms with van der Waals surface area (Å²) in [4.78, 5) is 17.5. The molecule has 2 aromatic rings. The fourth-order valence-electron chi connectivity index (χ4n) is 1.93. The Balaban J connectivity index is 2.26. The van der Waals surface area contributed by atoms with Gasteiger partial charge in [0.25, 0.3) is 0 Å². The summed E-state index contributed by atoms with van der Waals surface area (Å²) in [5.41, 5.74) is 1.63.